The molecule has 0 radical (unpaired) electrons. The van der Waals surface area contributed by atoms with Gasteiger partial charge in [-0.25, -0.2) is 9.78 Å². The summed E-state index contributed by atoms with van der Waals surface area (Å²) in [6, 6.07) is 8.16. The number of carbonyl (C=O) groups is 2. The number of anilines is 1. The SMILES string of the molecule is COC(=O)[C@](NC(=O)c1ccccc1)(Nc1ncc(Cl)cc1Cl)C(F)(F)F. The topological polar surface area (TPSA) is 80.3 Å². The number of ether oxygens (including phenoxy) is 1. The number of amides is 1. The summed E-state index contributed by atoms with van der Waals surface area (Å²) >= 11 is 11.5. The Morgan fingerprint density at radius 2 is 1.78 bits per heavy atom. The minimum atomic E-state index is -5.31. The normalized spacial score (nSPS) is 13.4. The molecule has 1 atom stereocenters. The van der Waals surface area contributed by atoms with Crippen molar-refractivity contribution in [1.82, 2.24) is 10.3 Å². The summed E-state index contributed by atoms with van der Waals surface area (Å²) in [6.07, 6.45) is -4.29. The smallest absolute Gasteiger partial charge is 0.441 e. The summed E-state index contributed by atoms with van der Waals surface area (Å²) < 4.78 is 46.0. The Morgan fingerprint density at radius 3 is 2.30 bits per heavy atom. The molecule has 6 nitrogen and oxygen atoms in total. The summed E-state index contributed by atoms with van der Waals surface area (Å²) in [6.45, 7) is 0. The maximum absolute atomic E-state index is 13.9. The number of aromatic nitrogens is 1. The van der Waals surface area contributed by atoms with Gasteiger partial charge in [-0.1, -0.05) is 41.4 Å². The van der Waals surface area contributed by atoms with E-state index >= 15 is 0 Å². The molecule has 1 heterocycles. The molecular weight excluding hydrogens is 410 g/mol. The molecule has 0 spiro atoms. The van der Waals surface area contributed by atoms with Crippen LogP contribution in [0, 0.1) is 0 Å². The zero-order chi connectivity index (χ0) is 20.2. The fourth-order valence-corrected chi connectivity index (χ4v) is 2.49. The highest BCUT2D eigenvalue weighted by atomic mass is 35.5. The van der Waals surface area contributed by atoms with Crippen molar-refractivity contribution in [3.8, 4) is 0 Å². The Morgan fingerprint density at radius 1 is 1.15 bits per heavy atom. The highest BCUT2D eigenvalue weighted by Crippen LogP contribution is 2.35. The highest BCUT2D eigenvalue weighted by Gasteiger charge is 2.64. The van der Waals surface area contributed by atoms with Crippen molar-refractivity contribution in [2.75, 3.05) is 12.4 Å². The second kappa shape index (κ2) is 8.01. The number of hydrogen-bond donors (Lipinski definition) is 2. The Labute approximate surface area is 161 Å². The molecule has 2 aromatic rings. The first kappa shape index (κ1) is 20.8. The van der Waals surface area contributed by atoms with Crippen molar-refractivity contribution < 1.29 is 27.5 Å². The number of nitrogens with zero attached hydrogens (tertiary/aromatic N) is 1. The number of esters is 1. The van der Waals surface area contributed by atoms with Crippen LogP contribution in [0.5, 0.6) is 0 Å². The number of rotatable bonds is 5. The van der Waals surface area contributed by atoms with Gasteiger partial charge in [0.25, 0.3) is 5.91 Å². The predicted molar refractivity (Wildman–Crippen MR) is 92.6 cm³/mol. The minimum absolute atomic E-state index is 0.0644. The molecule has 144 valence electrons. The average Bonchev–Trinajstić information content (AvgIpc) is 2.62. The zero-order valence-electron chi connectivity index (χ0n) is 13.6. The van der Waals surface area contributed by atoms with Gasteiger partial charge in [0.05, 0.1) is 17.2 Å². The summed E-state index contributed by atoms with van der Waals surface area (Å²) in [7, 11) is 0.746. The van der Waals surface area contributed by atoms with E-state index in [4.69, 9.17) is 23.2 Å². The first-order chi connectivity index (χ1) is 12.6. The van der Waals surface area contributed by atoms with Crippen LogP contribution in [0.1, 0.15) is 10.4 Å². The van der Waals surface area contributed by atoms with Gasteiger partial charge < -0.3 is 15.4 Å². The van der Waals surface area contributed by atoms with Gasteiger partial charge in [-0.3, -0.25) is 4.79 Å². The lowest BCUT2D eigenvalue weighted by Gasteiger charge is -2.34. The number of benzene rings is 1. The average molecular weight is 422 g/mol. The molecule has 1 amide bonds. The van der Waals surface area contributed by atoms with E-state index in [1.54, 1.807) is 11.4 Å². The van der Waals surface area contributed by atoms with E-state index < -0.39 is 29.5 Å². The van der Waals surface area contributed by atoms with Gasteiger partial charge in [-0.2, -0.15) is 13.2 Å². The quantitative estimate of drug-likeness (QED) is 0.568. The van der Waals surface area contributed by atoms with Gasteiger partial charge in [-0.15, -0.1) is 0 Å². The van der Waals surface area contributed by atoms with Gasteiger partial charge in [0.1, 0.15) is 5.82 Å². The number of nitrogens with one attached hydrogen (secondary N) is 2. The van der Waals surface area contributed by atoms with Crippen LogP contribution >= 0.6 is 23.2 Å². The lowest BCUT2D eigenvalue weighted by atomic mass is 10.1. The number of alkyl halides is 3. The van der Waals surface area contributed by atoms with E-state index in [1.807, 2.05) is 5.32 Å². The molecule has 0 saturated carbocycles. The molecule has 2 N–H and O–H groups in total. The second-order valence-corrected chi connectivity index (χ2v) is 6.01. The molecule has 0 aliphatic heterocycles. The molecular formula is C16H12Cl2F3N3O3. The van der Waals surface area contributed by atoms with E-state index in [-0.39, 0.29) is 15.6 Å². The second-order valence-electron chi connectivity index (χ2n) is 5.17. The fraction of sp³-hybridized carbons (Fsp3) is 0.188. The van der Waals surface area contributed by atoms with E-state index in [1.165, 1.54) is 24.3 Å². The maximum Gasteiger partial charge on any atom is 0.441 e. The van der Waals surface area contributed by atoms with Crippen LogP contribution in [-0.4, -0.2) is 35.8 Å². The van der Waals surface area contributed by atoms with Gasteiger partial charge in [-0.05, 0) is 18.2 Å². The summed E-state index contributed by atoms with van der Waals surface area (Å²) in [5.74, 6) is -3.51. The fourth-order valence-electron chi connectivity index (χ4n) is 2.06. The van der Waals surface area contributed by atoms with Crippen molar-refractivity contribution in [3.05, 3.63) is 58.2 Å². The van der Waals surface area contributed by atoms with Gasteiger partial charge in [0, 0.05) is 11.8 Å². The van der Waals surface area contributed by atoms with Crippen molar-refractivity contribution in [2.24, 2.45) is 0 Å². The Hall–Kier alpha value is -2.52. The van der Waals surface area contributed by atoms with Crippen molar-refractivity contribution in [3.63, 3.8) is 0 Å². The van der Waals surface area contributed by atoms with Crippen LogP contribution in [0.25, 0.3) is 0 Å². The number of hydrogen-bond acceptors (Lipinski definition) is 5. The van der Waals surface area contributed by atoms with Gasteiger partial charge >= 0.3 is 17.8 Å². The third kappa shape index (κ3) is 4.42. The lowest BCUT2D eigenvalue weighted by molar-refractivity contribution is -0.203. The number of methoxy groups -OCH3 is 1. The Bertz CT molecular complexity index is 850. The summed E-state index contributed by atoms with van der Waals surface area (Å²) in [5.41, 5.74) is -3.74. The molecule has 0 unspecified atom stereocenters. The van der Waals surface area contributed by atoms with E-state index in [0.717, 1.165) is 19.4 Å². The Balaban J connectivity index is 2.53. The van der Waals surface area contributed by atoms with E-state index in [0.29, 0.717) is 0 Å². The molecule has 27 heavy (non-hydrogen) atoms. The molecule has 0 saturated heterocycles. The molecule has 0 aliphatic rings. The van der Waals surface area contributed by atoms with Crippen LogP contribution in [0.3, 0.4) is 0 Å². The number of pyridine rings is 1. The maximum atomic E-state index is 13.9. The number of carbonyl (C=O) groups excluding carboxylic acids is 2. The molecule has 2 rings (SSSR count). The first-order valence-electron chi connectivity index (χ1n) is 7.22. The van der Waals surface area contributed by atoms with Crippen LogP contribution in [0.2, 0.25) is 10.0 Å². The molecule has 0 bridgehead atoms. The van der Waals surface area contributed by atoms with Crippen molar-refractivity contribution in [2.45, 2.75) is 11.8 Å². The zero-order valence-corrected chi connectivity index (χ0v) is 15.1. The molecule has 1 aromatic carbocycles. The third-order valence-corrected chi connectivity index (χ3v) is 3.86. The van der Waals surface area contributed by atoms with Crippen LogP contribution < -0.4 is 10.6 Å². The standard InChI is InChI=1S/C16H12Cl2F3N3O3/c1-27-14(26)15(16(19,20)21,23-12-11(18)7-10(17)8-22-12)24-13(25)9-5-3-2-4-6-9/h2-8H,1H3,(H,22,23)(H,24,25)/t15-/m1/s1. The van der Waals surface area contributed by atoms with Crippen molar-refractivity contribution in [1.29, 1.82) is 0 Å². The van der Waals surface area contributed by atoms with E-state index in [2.05, 4.69) is 9.72 Å². The summed E-state index contributed by atoms with van der Waals surface area (Å²) in [5, 5.41) is 3.26. The van der Waals surface area contributed by atoms with Crippen molar-refractivity contribution >= 4 is 40.9 Å². The predicted octanol–water partition coefficient (Wildman–Crippen LogP) is 3.66. The molecule has 1 aromatic heterocycles. The minimum Gasteiger partial charge on any atom is -0.466 e. The van der Waals surface area contributed by atoms with Crippen LogP contribution in [0.15, 0.2) is 42.6 Å². The van der Waals surface area contributed by atoms with Crippen LogP contribution in [0.4, 0.5) is 19.0 Å². The number of halogens is 5. The highest BCUT2D eigenvalue weighted by molar-refractivity contribution is 6.36. The van der Waals surface area contributed by atoms with Gasteiger partial charge in [0.15, 0.2) is 0 Å². The molecule has 0 aliphatic carbocycles. The molecule has 0 fully saturated rings. The monoisotopic (exact) mass is 421 g/mol. The Kier molecular flexibility index (Phi) is 6.17. The largest absolute Gasteiger partial charge is 0.466 e. The van der Waals surface area contributed by atoms with E-state index in [9.17, 15) is 22.8 Å². The lowest BCUT2D eigenvalue weighted by Crippen LogP contribution is -2.69. The summed E-state index contributed by atoms with van der Waals surface area (Å²) in [4.78, 5) is 28.1. The third-order valence-electron chi connectivity index (χ3n) is 3.37. The van der Waals surface area contributed by atoms with Gasteiger partial charge in [0.2, 0.25) is 0 Å². The van der Waals surface area contributed by atoms with Crippen LogP contribution in [-0.2, 0) is 9.53 Å². The molecule has 11 heteroatoms. The first-order valence-corrected chi connectivity index (χ1v) is 7.98.